The maximum Gasteiger partial charge on any atom is 0.339 e. The van der Waals surface area contributed by atoms with Crippen molar-refractivity contribution in [3.05, 3.63) is 90.1 Å². The van der Waals surface area contributed by atoms with E-state index >= 15 is 0 Å². The summed E-state index contributed by atoms with van der Waals surface area (Å²) >= 11 is 25.7. The number of hydrogen-bond acceptors (Lipinski definition) is 5. The Labute approximate surface area is 195 Å². The Balaban J connectivity index is 0.000000353. The molecule has 0 atom stereocenters. The lowest BCUT2D eigenvalue weighted by atomic mass is 10.5. The molecule has 0 spiro atoms. The SMILES string of the molecule is Clc1ncccc1Br.O=P(Cl)(Cl)Cl.O=c1[nH]cccc1Br.O=c1ccnc[nH]1. The number of nitrogens with one attached hydrogen (secondary N) is 2. The molecule has 0 aliphatic heterocycles. The van der Waals surface area contributed by atoms with Crippen molar-refractivity contribution in [3.63, 3.8) is 0 Å². The van der Waals surface area contributed by atoms with E-state index in [9.17, 15) is 14.2 Å². The van der Waals surface area contributed by atoms with E-state index in [0.29, 0.717) is 9.63 Å². The summed E-state index contributed by atoms with van der Waals surface area (Å²) in [5, 5.41) is -2.72. The zero-order valence-electron chi connectivity index (χ0n) is 13.5. The lowest BCUT2D eigenvalue weighted by Gasteiger charge is -1.88. The Morgan fingerprint density at radius 2 is 1.54 bits per heavy atom. The van der Waals surface area contributed by atoms with Crippen molar-refractivity contribution in [1.82, 2.24) is 19.9 Å². The van der Waals surface area contributed by atoms with Gasteiger partial charge in [0, 0.05) is 24.7 Å². The Hall–Kier alpha value is -0.670. The molecule has 3 aromatic rings. The number of rotatable bonds is 0. The highest BCUT2D eigenvalue weighted by molar-refractivity contribution is 9.10. The monoisotopic (exact) mass is 612 g/mol. The van der Waals surface area contributed by atoms with Crippen LogP contribution < -0.4 is 11.1 Å². The predicted molar refractivity (Wildman–Crippen MR) is 122 cm³/mol. The molecule has 3 rings (SSSR count). The zero-order chi connectivity index (χ0) is 21.6. The molecule has 0 unspecified atom stereocenters. The highest BCUT2D eigenvalue weighted by Gasteiger charge is 2.03. The van der Waals surface area contributed by atoms with Gasteiger partial charge < -0.3 is 9.97 Å². The van der Waals surface area contributed by atoms with E-state index in [0.717, 1.165) is 4.47 Å². The average molecular weight is 616 g/mol. The number of aromatic amines is 2. The van der Waals surface area contributed by atoms with E-state index in [1.807, 2.05) is 12.1 Å². The van der Waals surface area contributed by atoms with Gasteiger partial charge >= 0.3 is 5.20 Å². The lowest BCUT2D eigenvalue weighted by molar-refractivity contribution is 0.600. The molecule has 3 aromatic heterocycles. The molecule has 3 heterocycles. The van der Waals surface area contributed by atoms with Crippen LogP contribution in [0.1, 0.15) is 0 Å². The first-order valence-corrected chi connectivity index (χ1v) is 13.2. The Bertz CT molecular complexity index is 953. The fraction of sp³-hybridized carbons (Fsp3) is 0. The van der Waals surface area contributed by atoms with Crippen LogP contribution >= 0.6 is 82.4 Å². The van der Waals surface area contributed by atoms with Crippen molar-refractivity contribution in [2.24, 2.45) is 0 Å². The Morgan fingerprint density at radius 3 is 1.82 bits per heavy atom. The van der Waals surface area contributed by atoms with Crippen LogP contribution in [0.15, 0.2) is 73.8 Å². The molecule has 7 nitrogen and oxygen atoms in total. The summed E-state index contributed by atoms with van der Waals surface area (Å²) in [6, 6.07) is 8.47. The molecular weight excluding hydrogens is 605 g/mol. The minimum atomic E-state index is -3.22. The third-order valence-electron chi connectivity index (χ3n) is 2.08. The molecule has 0 saturated carbocycles. The van der Waals surface area contributed by atoms with Crippen LogP contribution in [0.5, 0.6) is 0 Å². The van der Waals surface area contributed by atoms with Crippen molar-refractivity contribution >= 4 is 82.4 Å². The number of hydrogen-bond donors (Lipinski definition) is 2. The maximum absolute atomic E-state index is 10.5. The van der Waals surface area contributed by atoms with Gasteiger partial charge in [-0.05, 0) is 89.8 Å². The predicted octanol–water partition coefficient (Wildman–Crippen LogP) is 6.22. The molecule has 0 bridgehead atoms. The van der Waals surface area contributed by atoms with Gasteiger partial charge in [-0.15, -0.1) is 0 Å². The van der Waals surface area contributed by atoms with Gasteiger partial charge in [0.05, 0.1) is 15.3 Å². The van der Waals surface area contributed by atoms with Gasteiger partial charge in [-0.1, -0.05) is 11.6 Å². The number of pyridine rings is 2. The molecule has 0 aliphatic rings. The van der Waals surface area contributed by atoms with Gasteiger partial charge in [0.2, 0.25) is 0 Å². The van der Waals surface area contributed by atoms with Gasteiger partial charge in [-0.3, -0.25) is 14.2 Å². The van der Waals surface area contributed by atoms with Crippen molar-refractivity contribution in [1.29, 1.82) is 0 Å². The highest BCUT2D eigenvalue weighted by Crippen LogP contribution is 2.61. The van der Waals surface area contributed by atoms with Crippen LogP contribution in [0.25, 0.3) is 0 Å². The Kier molecular flexibility index (Phi) is 14.8. The first-order valence-electron chi connectivity index (χ1n) is 6.77. The summed E-state index contributed by atoms with van der Waals surface area (Å²) in [6.45, 7) is 0. The van der Waals surface area contributed by atoms with Crippen LogP contribution in [0, 0.1) is 0 Å². The van der Waals surface area contributed by atoms with Crippen molar-refractivity contribution in [2.45, 2.75) is 0 Å². The molecule has 28 heavy (non-hydrogen) atoms. The largest absolute Gasteiger partial charge is 0.339 e. The second-order valence-corrected chi connectivity index (χ2v) is 12.8. The molecule has 0 radical (unpaired) electrons. The molecule has 0 saturated heterocycles. The molecular formula is C14H11Br2Cl4N4O3P. The highest BCUT2D eigenvalue weighted by atomic mass is 79.9. The minimum absolute atomic E-state index is 0.0903. The average Bonchev–Trinajstić information content (AvgIpc) is 2.61. The van der Waals surface area contributed by atoms with Gasteiger partial charge in [-0.25, -0.2) is 9.97 Å². The third kappa shape index (κ3) is 17.4. The fourth-order valence-electron chi connectivity index (χ4n) is 1.07. The second-order valence-electron chi connectivity index (χ2n) is 4.12. The summed E-state index contributed by atoms with van der Waals surface area (Å²) in [4.78, 5) is 32.9. The zero-order valence-corrected chi connectivity index (χ0v) is 20.6. The minimum Gasteiger partial charge on any atom is -0.328 e. The van der Waals surface area contributed by atoms with E-state index in [2.05, 4.69) is 85.5 Å². The quantitative estimate of drug-likeness (QED) is 0.231. The third-order valence-corrected chi connectivity index (χ3v) is 3.87. The summed E-state index contributed by atoms with van der Waals surface area (Å²) in [5.41, 5.74) is -0.206. The molecule has 14 heteroatoms. The standard InChI is InChI=1S/C5H3BrClN.C5H4BrNO.C4H4N2O.Cl3OP/c6-4-2-1-3-8-5(4)7;6-4-2-1-3-7-5(4)8;7-4-1-2-5-3-6-4;1-5(2,3)4/h1-3H;1-3H,(H,7,8);1-3H,(H,5,6,7);. The molecule has 0 fully saturated rings. The van der Waals surface area contributed by atoms with Crippen molar-refractivity contribution in [3.8, 4) is 0 Å². The van der Waals surface area contributed by atoms with Crippen LogP contribution in [-0.2, 0) is 4.57 Å². The topological polar surface area (TPSA) is 109 Å². The Morgan fingerprint density at radius 1 is 0.929 bits per heavy atom. The van der Waals surface area contributed by atoms with Crippen molar-refractivity contribution in [2.75, 3.05) is 0 Å². The second kappa shape index (κ2) is 15.2. The first-order chi connectivity index (χ1) is 13.0. The van der Waals surface area contributed by atoms with Gasteiger partial charge in [0.25, 0.3) is 11.1 Å². The van der Waals surface area contributed by atoms with Gasteiger partial charge in [0.1, 0.15) is 5.15 Å². The van der Waals surface area contributed by atoms with E-state index in [-0.39, 0.29) is 11.1 Å². The molecule has 0 aliphatic carbocycles. The smallest absolute Gasteiger partial charge is 0.328 e. The summed E-state index contributed by atoms with van der Waals surface area (Å²) in [5.74, 6) is 0. The van der Waals surface area contributed by atoms with Crippen LogP contribution in [0.3, 0.4) is 0 Å². The van der Waals surface area contributed by atoms with Crippen molar-refractivity contribution < 1.29 is 4.57 Å². The summed E-state index contributed by atoms with van der Waals surface area (Å²) in [7, 11) is 0. The molecule has 0 amide bonds. The first kappa shape index (κ1) is 27.3. The van der Waals surface area contributed by atoms with Gasteiger partial charge in [-0.2, -0.15) is 0 Å². The van der Waals surface area contributed by atoms with E-state index in [1.165, 1.54) is 18.6 Å². The van der Waals surface area contributed by atoms with E-state index < -0.39 is 5.20 Å². The summed E-state index contributed by atoms with van der Waals surface area (Å²) in [6.07, 6.45) is 6.03. The maximum atomic E-state index is 10.5. The van der Waals surface area contributed by atoms with Gasteiger partial charge in [0.15, 0.2) is 0 Å². The van der Waals surface area contributed by atoms with Crippen LogP contribution in [0.2, 0.25) is 5.15 Å². The van der Waals surface area contributed by atoms with Crippen LogP contribution in [0.4, 0.5) is 0 Å². The molecule has 0 aromatic carbocycles. The number of H-pyrrole nitrogens is 2. The van der Waals surface area contributed by atoms with Crippen LogP contribution in [-0.4, -0.2) is 19.9 Å². The normalized spacial score (nSPS) is 9.50. The molecule has 152 valence electrons. The lowest BCUT2D eigenvalue weighted by Crippen LogP contribution is -2.02. The summed E-state index contributed by atoms with van der Waals surface area (Å²) < 4.78 is 10.9. The van der Waals surface area contributed by atoms with E-state index in [1.54, 1.807) is 24.5 Å². The van der Waals surface area contributed by atoms with E-state index in [4.69, 9.17) is 11.6 Å². The number of halogens is 6. The molecule has 2 N–H and O–H groups in total. The fourth-order valence-corrected chi connectivity index (χ4v) is 1.71. The number of nitrogens with zero attached hydrogens (tertiary/aromatic N) is 2. The number of aromatic nitrogens is 4.